The van der Waals surface area contributed by atoms with Gasteiger partial charge in [0.25, 0.3) is 5.91 Å². The number of phenols is 1. The summed E-state index contributed by atoms with van der Waals surface area (Å²) < 4.78 is 4.95. The van der Waals surface area contributed by atoms with Gasteiger partial charge in [0.05, 0.1) is 18.4 Å². The van der Waals surface area contributed by atoms with Crippen LogP contribution < -0.4 is 15.8 Å². The number of nitrogens with zero attached hydrogens (tertiary/aromatic N) is 1. The molecule has 21 heavy (non-hydrogen) atoms. The number of carbonyl (C=O) groups is 2. The van der Waals surface area contributed by atoms with Gasteiger partial charge >= 0.3 is 0 Å². The summed E-state index contributed by atoms with van der Waals surface area (Å²) >= 11 is 0. The van der Waals surface area contributed by atoms with E-state index in [0.717, 1.165) is 0 Å². The Morgan fingerprint density at radius 2 is 2.05 bits per heavy atom. The van der Waals surface area contributed by atoms with Gasteiger partial charge in [0.15, 0.2) is 11.5 Å². The van der Waals surface area contributed by atoms with Gasteiger partial charge in [-0.1, -0.05) is 6.07 Å². The molecule has 2 aromatic rings. The number of rotatable bonds is 4. The van der Waals surface area contributed by atoms with E-state index in [-0.39, 0.29) is 28.4 Å². The van der Waals surface area contributed by atoms with E-state index in [9.17, 15) is 14.7 Å². The van der Waals surface area contributed by atoms with Crippen LogP contribution in [0, 0.1) is 0 Å². The second kappa shape index (κ2) is 5.91. The summed E-state index contributed by atoms with van der Waals surface area (Å²) in [5.41, 5.74) is 5.57. The minimum atomic E-state index is -0.625. The highest BCUT2D eigenvalue weighted by Gasteiger charge is 2.13. The Morgan fingerprint density at radius 3 is 2.62 bits per heavy atom. The van der Waals surface area contributed by atoms with Crippen molar-refractivity contribution < 1.29 is 19.4 Å². The molecule has 0 bridgehead atoms. The zero-order valence-corrected chi connectivity index (χ0v) is 11.2. The van der Waals surface area contributed by atoms with Crippen molar-refractivity contribution >= 4 is 17.5 Å². The first-order chi connectivity index (χ1) is 10.0. The molecular weight excluding hydrogens is 274 g/mol. The molecule has 7 nitrogen and oxygen atoms in total. The SMILES string of the molecule is COc1cccc(NC(=O)c2ccc(C(N)=O)cn2)c1O. The smallest absolute Gasteiger partial charge is 0.274 e. The third kappa shape index (κ3) is 3.08. The molecule has 2 rings (SSSR count). The first-order valence-electron chi connectivity index (χ1n) is 5.96. The van der Waals surface area contributed by atoms with Gasteiger partial charge in [-0.05, 0) is 24.3 Å². The van der Waals surface area contributed by atoms with Gasteiger partial charge in [0.2, 0.25) is 5.91 Å². The number of anilines is 1. The van der Waals surface area contributed by atoms with Crippen molar-refractivity contribution in [3.8, 4) is 11.5 Å². The molecule has 108 valence electrons. The van der Waals surface area contributed by atoms with Crippen molar-refractivity contribution in [2.75, 3.05) is 12.4 Å². The van der Waals surface area contributed by atoms with Crippen LogP contribution >= 0.6 is 0 Å². The number of hydrogen-bond acceptors (Lipinski definition) is 5. The Labute approximate surface area is 120 Å². The molecule has 0 aliphatic heterocycles. The van der Waals surface area contributed by atoms with Crippen molar-refractivity contribution in [1.29, 1.82) is 0 Å². The average molecular weight is 287 g/mol. The number of amides is 2. The number of nitrogens with one attached hydrogen (secondary N) is 1. The average Bonchev–Trinajstić information content (AvgIpc) is 2.49. The fourth-order valence-corrected chi connectivity index (χ4v) is 1.65. The van der Waals surface area contributed by atoms with E-state index in [0.29, 0.717) is 0 Å². The number of pyridine rings is 1. The molecule has 2 amide bonds. The molecule has 0 fully saturated rings. The van der Waals surface area contributed by atoms with Crippen LogP contribution in [0.1, 0.15) is 20.8 Å². The molecule has 0 spiro atoms. The van der Waals surface area contributed by atoms with Gasteiger partial charge in [-0.15, -0.1) is 0 Å². The number of nitrogens with two attached hydrogens (primary N) is 1. The third-order valence-electron chi connectivity index (χ3n) is 2.75. The Kier molecular flexibility index (Phi) is 4.03. The van der Waals surface area contributed by atoms with Gasteiger partial charge in [0.1, 0.15) is 5.69 Å². The Morgan fingerprint density at radius 1 is 1.29 bits per heavy atom. The summed E-state index contributed by atoms with van der Waals surface area (Å²) in [6.07, 6.45) is 1.21. The maximum atomic E-state index is 12.0. The molecule has 0 atom stereocenters. The molecule has 0 saturated heterocycles. The number of carbonyl (C=O) groups excluding carboxylic acids is 2. The first kappa shape index (κ1) is 14.3. The Balaban J connectivity index is 2.20. The minimum absolute atomic E-state index is 0.0854. The summed E-state index contributed by atoms with van der Waals surface area (Å²) in [6, 6.07) is 7.47. The second-order valence-corrected chi connectivity index (χ2v) is 4.11. The van der Waals surface area contributed by atoms with E-state index < -0.39 is 11.8 Å². The quantitative estimate of drug-likeness (QED) is 0.730. The van der Waals surface area contributed by atoms with E-state index in [2.05, 4.69) is 10.3 Å². The highest BCUT2D eigenvalue weighted by molar-refractivity contribution is 6.04. The Hall–Kier alpha value is -3.09. The standard InChI is InChI=1S/C14H13N3O4/c1-21-11-4-2-3-9(12(11)18)17-14(20)10-6-5-8(7-16-10)13(15)19/h2-7,18H,1H3,(H2,15,19)(H,17,20). The number of ether oxygens (including phenoxy) is 1. The van der Waals surface area contributed by atoms with Crippen LogP contribution in [0.3, 0.4) is 0 Å². The van der Waals surface area contributed by atoms with Crippen molar-refractivity contribution in [3.63, 3.8) is 0 Å². The molecule has 0 radical (unpaired) electrons. The van der Waals surface area contributed by atoms with Crippen LogP contribution in [0.5, 0.6) is 11.5 Å². The monoisotopic (exact) mass is 287 g/mol. The lowest BCUT2D eigenvalue weighted by Crippen LogP contribution is -2.16. The lowest BCUT2D eigenvalue weighted by atomic mass is 10.2. The van der Waals surface area contributed by atoms with Crippen LogP contribution in [0.15, 0.2) is 36.5 Å². The summed E-state index contributed by atoms with van der Waals surface area (Å²) in [5, 5.41) is 12.4. The molecule has 1 heterocycles. The molecule has 7 heteroatoms. The largest absolute Gasteiger partial charge is 0.503 e. The summed E-state index contributed by atoms with van der Waals surface area (Å²) in [4.78, 5) is 26.8. The minimum Gasteiger partial charge on any atom is -0.503 e. The van der Waals surface area contributed by atoms with Crippen LogP contribution in [0.2, 0.25) is 0 Å². The normalized spacial score (nSPS) is 9.95. The topological polar surface area (TPSA) is 115 Å². The summed E-state index contributed by atoms with van der Waals surface area (Å²) in [7, 11) is 1.41. The highest BCUT2D eigenvalue weighted by atomic mass is 16.5. The Bertz CT molecular complexity index is 683. The van der Waals surface area contributed by atoms with Crippen molar-refractivity contribution in [2.24, 2.45) is 5.73 Å². The lowest BCUT2D eigenvalue weighted by Gasteiger charge is -2.09. The number of phenolic OH excluding ortho intramolecular Hbond substituents is 1. The summed E-state index contributed by atoms with van der Waals surface area (Å²) in [6.45, 7) is 0. The maximum Gasteiger partial charge on any atom is 0.274 e. The van der Waals surface area contributed by atoms with Crippen LogP contribution in [0.4, 0.5) is 5.69 Å². The maximum absolute atomic E-state index is 12.0. The van der Waals surface area contributed by atoms with Gasteiger partial charge in [-0.2, -0.15) is 0 Å². The van der Waals surface area contributed by atoms with E-state index in [4.69, 9.17) is 10.5 Å². The van der Waals surface area contributed by atoms with Gasteiger partial charge in [-0.3, -0.25) is 14.6 Å². The molecule has 0 unspecified atom stereocenters. The van der Waals surface area contributed by atoms with Gasteiger partial charge in [0, 0.05) is 6.20 Å². The molecular formula is C14H13N3O4. The first-order valence-corrected chi connectivity index (χ1v) is 5.96. The molecule has 4 N–H and O–H groups in total. The molecule has 0 aliphatic carbocycles. The second-order valence-electron chi connectivity index (χ2n) is 4.11. The number of aromatic hydroxyl groups is 1. The van der Waals surface area contributed by atoms with Crippen molar-refractivity contribution in [3.05, 3.63) is 47.8 Å². The van der Waals surface area contributed by atoms with Crippen LogP contribution in [0.25, 0.3) is 0 Å². The zero-order chi connectivity index (χ0) is 15.4. The molecule has 1 aromatic heterocycles. The number of aromatic nitrogens is 1. The van der Waals surface area contributed by atoms with Crippen LogP contribution in [-0.2, 0) is 0 Å². The van der Waals surface area contributed by atoms with E-state index in [1.54, 1.807) is 12.1 Å². The highest BCUT2D eigenvalue weighted by Crippen LogP contribution is 2.33. The van der Waals surface area contributed by atoms with E-state index in [1.807, 2.05) is 0 Å². The van der Waals surface area contributed by atoms with Gasteiger partial charge < -0.3 is 20.9 Å². The number of primary amides is 1. The fourth-order valence-electron chi connectivity index (χ4n) is 1.65. The fraction of sp³-hybridized carbons (Fsp3) is 0.0714. The lowest BCUT2D eigenvalue weighted by molar-refractivity contribution is 0.0993. The van der Waals surface area contributed by atoms with E-state index in [1.165, 1.54) is 31.5 Å². The number of methoxy groups -OCH3 is 1. The summed E-state index contributed by atoms with van der Waals surface area (Å²) in [5.74, 6) is -1.10. The zero-order valence-electron chi connectivity index (χ0n) is 11.2. The number of para-hydroxylation sites is 1. The predicted octanol–water partition coefficient (Wildman–Crippen LogP) is 1.15. The molecule has 0 saturated carbocycles. The molecule has 0 aliphatic rings. The van der Waals surface area contributed by atoms with Gasteiger partial charge in [-0.25, -0.2) is 0 Å². The molecule has 1 aromatic carbocycles. The predicted molar refractivity (Wildman–Crippen MR) is 75.4 cm³/mol. The van der Waals surface area contributed by atoms with E-state index >= 15 is 0 Å². The van der Waals surface area contributed by atoms with Crippen molar-refractivity contribution in [1.82, 2.24) is 4.98 Å². The van der Waals surface area contributed by atoms with Crippen molar-refractivity contribution in [2.45, 2.75) is 0 Å². The number of hydrogen-bond donors (Lipinski definition) is 3. The van der Waals surface area contributed by atoms with Crippen LogP contribution in [-0.4, -0.2) is 29.0 Å². The third-order valence-corrected chi connectivity index (χ3v) is 2.75. The number of benzene rings is 1.